The summed E-state index contributed by atoms with van der Waals surface area (Å²) >= 11 is 0. The average molecular weight is 166 g/mol. The minimum Gasteiger partial charge on any atom is -0.368 e. The van der Waals surface area contributed by atoms with Crippen LogP contribution in [0.25, 0.3) is 0 Å². The third-order valence-electron chi connectivity index (χ3n) is 2.45. The highest BCUT2D eigenvalue weighted by molar-refractivity contribution is 5.17. The van der Waals surface area contributed by atoms with Gasteiger partial charge in [-0.3, -0.25) is 0 Å². The minimum atomic E-state index is 0.422. The number of nitrogens with zero attached hydrogens (tertiary/aromatic N) is 3. The number of aryl methyl sites for hydroxylation is 1. The normalized spacial score (nSPS) is 19.5. The summed E-state index contributed by atoms with van der Waals surface area (Å²) in [5, 5.41) is 4.25. The number of hydrogen-bond donors (Lipinski definition) is 1. The first-order valence-electron chi connectivity index (χ1n) is 4.37. The van der Waals surface area contributed by atoms with E-state index in [2.05, 4.69) is 17.0 Å². The summed E-state index contributed by atoms with van der Waals surface area (Å²) in [6.45, 7) is 4.02. The summed E-state index contributed by atoms with van der Waals surface area (Å²) in [6, 6.07) is 0.422. The Balaban J connectivity index is 2.25. The molecule has 12 heavy (non-hydrogen) atoms. The van der Waals surface area contributed by atoms with E-state index in [-0.39, 0.29) is 0 Å². The molecule has 1 aromatic rings. The van der Waals surface area contributed by atoms with Crippen LogP contribution in [0.2, 0.25) is 0 Å². The molecule has 0 radical (unpaired) electrons. The second kappa shape index (κ2) is 2.47. The highest BCUT2D eigenvalue weighted by Crippen LogP contribution is 2.39. The molecule has 1 aliphatic rings. The van der Waals surface area contributed by atoms with Crippen LogP contribution < -0.4 is 5.73 Å². The third-order valence-corrected chi connectivity index (χ3v) is 2.45. The maximum Gasteiger partial charge on any atom is 0.218 e. The van der Waals surface area contributed by atoms with Gasteiger partial charge in [0.05, 0.1) is 6.04 Å². The van der Waals surface area contributed by atoms with Crippen molar-refractivity contribution >= 4 is 5.95 Å². The summed E-state index contributed by atoms with van der Waals surface area (Å²) < 4.78 is 1.84. The Bertz CT molecular complexity index is 287. The van der Waals surface area contributed by atoms with Crippen molar-refractivity contribution in [3.05, 3.63) is 5.82 Å². The van der Waals surface area contributed by atoms with Crippen molar-refractivity contribution in [1.29, 1.82) is 0 Å². The van der Waals surface area contributed by atoms with E-state index in [1.54, 1.807) is 0 Å². The fourth-order valence-electron chi connectivity index (χ4n) is 1.52. The molecule has 0 bridgehead atoms. The largest absolute Gasteiger partial charge is 0.368 e. The standard InChI is InChI=1S/C8H14N4/c1-5(7-3-4-7)12-8(9)10-6(2)11-12/h5,7H,3-4H2,1-2H3,(H2,9,10,11). The van der Waals surface area contributed by atoms with Crippen LogP contribution in [-0.2, 0) is 0 Å². The van der Waals surface area contributed by atoms with Gasteiger partial charge in [0.25, 0.3) is 0 Å². The molecule has 0 saturated heterocycles. The van der Waals surface area contributed by atoms with E-state index in [0.717, 1.165) is 11.7 Å². The molecule has 0 spiro atoms. The maximum atomic E-state index is 5.70. The zero-order chi connectivity index (χ0) is 8.72. The lowest BCUT2D eigenvalue weighted by Crippen LogP contribution is -2.12. The summed E-state index contributed by atoms with van der Waals surface area (Å²) in [5.41, 5.74) is 5.70. The topological polar surface area (TPSA) is 56.7 Å². The van der Waals surface area contributed by atoms with E-state index in [1.165, 1.54) is 12.8 Å². The summed E-state index contributed by atoms with van der Waals surface area (Å²) in [7, 11) is 0. The van der Waals surface area contributed by atoms with Gasteiger partial charge in [0.1, 0.15) is 5.82 Å². The van der Waals surface area contributed by atoms with Crippen molar-refractivity contribution in [2.45, 2.75) is 32.7 Å². The lowest BCUT2D eigenvalue weighted by atomic mass is 10.2. The second-order valence-corrected chi connectivity index (χ2v) is 3.54. The molecular weight excluding hydrogens is 152 g/mol. The molecule has 1 aliphatic carbocycles. The predicted molar refractivity (Wildman–Crippen MR) is 46.6 cm³/mol. The minimum absolute atomic E-state index is 0.422. The number of nitrogen functional groups attached to an aromatic ring is 1. The summed E-state index contributed by atoms with van der Waals surface area (Å²) in [4.78, 5) is 4.07. The van der Waals surface area contributed by atoms with Crippen LogP contribution in [0, 0.1) is 12.8 Å². The van der Waals surface area contributed by atoms with Crippen LogP contribution in [0.3, 0.4) is 0 Å². The Kier molecular flexibility index (Phi) is 1.56. The summed E-state index contributed by atoms with van der Waals surface area (Å²) in [6.07, 6.45) is 2.61. The number of rotatable bonds is 2. The number of hydrogen-bond acceptors (Lipinski definition) is 3. The number of nitrogens with two attached hydrogens (primary N) is 1. The third kappa shape index (κ3) is 1.17. The van der Waals surface area contributed by atoms with E-state index in [4.69, 9.17) is 5.73 Å². The quantitative estimate of drug-likeness (QED) is 0.716. The smallest absolute Gasteiger partial charge is 0.218 e. The molecule has 2 N–H and O–H groups in total. The number of aromatic nitrogens is 3. The van der Waals surface area contributed by atoms with Gasteiger partial charge in [-0.05, 0) is 32.6 Å². The second-order valence-electron chi connectivity index (χ2n) is 3.54. The van der Waals surface area contributed by atoms with Crippen molar-refractivity contribution in [1.82, 2.24) is 14.8 Å². The lowest BCUT2D eigenvalue weighted by Gasteiger charge is -2.10. The highest BCUT2D eigenvalue weighted by Gasteiger charge is 2.30. The van der Waals surface area contributed by atoms with Gasteiger partial charge < -0.3 is 5.73 Å². The zero-order valence-corrected chi connectivity index (χ0v) is 7.49. The molecule has 0 aliphatic heterocycles. The molecule has 4 nitrogen and oxygen atoms in total. The van der Waals surface area contributed by atoms with Gasteiger partial charge in [0, 0.05) is 0 Å². The first-order valence-corrected chi connectivity index (χ1v) is 4.37. The van der Waals surface area contributed by atoms with Crippen molar-refractivity contribution < 1.29 is 0 Å². The SMILES string of the molecule is Cc1nc(N)n(C(C)C2CC2)n1. The van der Waals surface area contributed by atoms with Gasteiger partial charge in [-0.2, -0.15) is 10.1 Å². The Morgan fingerprint density at radius 1 is 1.58 bits per heavy atom. The van der Waals surface area contributed by atoms with Gasteiger partial charge in [-0.1, -0.05) is 0 Å². The molecule has 1 aromatic heterocycles. The molecule has 66 valence electrons. The fraction of sp³-hybridized carbons (Fsp3) is 0.750. The molecule has 0 amide bonds. The first kappa shape index (κ1) is 7.58. The molecule has 0 aromatic carbocycles. The predicted octanol–water partition coefficient (Wildman–Crippen LogP) is 1.14. The molecule has 1 saturated carbocycles. The first-order chi connectivity index (χ1) is 5.68. The van der Waals surface area contributed by atoms with E-state index >= 15 is 0 Å². The Hall–Kier alpha value is -1.06. The van der Waals surface area contributed by atoms with Crippen LogP contribution in [-0.4, -0.2) is 14.8 Å². The average Bonchev–Trinajstić information content (AvgIpc) is 2.77. The van der Waals surface area contributed by atoms with E-state index in [0.29, 0.717) is 12.0 Å². The van der Waals surface area contributed by atoms with Crippen LogP contribution in [0.5, 0.6) is 0 Å². The molecule has 1 fully saturated rings. The summed E-state index contributed by atoms with van der Waals surface area (Å²) in [5.74, 6) is 2.08. The molecular formula is C8H14N4. The van der Waals surface area contributed by atoms with Crippen molar-refractivity contribution in [2.75, 3.05) is 5.73 Å². The molecule has 1 unspecified atom stereocenters. The van der Waals surface area contributed by atoms with Crippen molar-refractivity contribution in [3.63, 3.8) is 0 Å². The molecule has 4 heteroatoms. The van der Waals surface area contributed by atoms with Gasteiger partial charge in [0.15, 0.2) is 0 Å². The monoisotopic (exact) mass is 166 g/mol. The van der Waals surface area contributed by atoms with Crippen LogP contribution in [0.4, 0.5) is 5.95 Å². The van der Waals surface area contributed by atoms with Crippen molar-refractivity contribution in [3.8, 4) is 0 Å². The van der Waals surface area contributed by atoms with Gasteiger partial charge in [0.2, 0.25) is 5.95 Å². The number of anilines is 1. The lowest BCUT2D eigenvalue weighted by molar-refractivity contribution is 0.444. The maximum absolute atomic E-state index is 5.70. The Morgan fingerprint density at radius 2 is 2.25 bits per heavy atom. The highest BCUT2D eigenvalue weighted by atomic mass is 15.4. The van der Waals surface area contributed by atoms with Crippen LogP contribution >= 0.6 is 0 Å². The van der Waals surface area contributed by atoms with Gasteiger partial charge in [-0.25, -0.2) is 4.68 Å². The molecule has 1 atom stereocenters. The molecule has 2 rings (SSSR count). The fourth-order valence-corrected chi connectivity index (χ4v) is 1.52. The van der Waals surface area contributed by atoms with Crippen molar-refractivity contribution in [2.24, 2.45) is 5.92 Å². The Morgan fingerprint density at radius 3 is 2.67 bits per heavy atom. The van der Waals surface area contributed by atoms with E-state index in [1.807, 2.05) is 11.6 Å². The van der Waals surface area contributed by atoms with Crippen LogP contribution in [0.15, 0.2) is 0 Å². The molecule has 1 heterocycles. The van der Waals surface area contributed by atoms with Gasteiger partial charge >= 0.3 is 0 Å². The van der Waals surface area contributed by atoms with Gasteiger partial charge in [-0.15, -0.1) is 0 Å². The Labute approximate surface area is 71.8 Å². The van der Waals surface area contributed by atoms with Crippen LogP contribution in [0.1, 0.15) is 31.6 Å². The zero-order valence-electron chi connectivity index (χ0n) is 7.49. The van der Waals surface area contributed by atoms with E-state index < -0.39 is 0 Å². The van der Waals surface area contributed by atoms with E-state index in [9.17, 15) is 0 Å².